The molecule has 1 unspecified atom stereocenters. The highest BCUT2D eigenvalue weighted by molar-refractivity contribution is 8.03. The Morgan fingerprint density at radius 2 is 1.93 bits per heavy atom. The molecule has 0 fully saturated rings. The summed E-state index contributed by atoms with van der Waals surface area (Å²) in [5.74, 6) is 0. The first-order valence-corrected chi connectivity index (χ1v) is 4.78. The van der Waals surface area contributed by atoms with Gasteiger partial charge in [-0.3, -0.25) is 0 Å². The SMILES string of the molecule is Cl.Nc1ccc(C2(O)NC=CS2)cc1. The van der Waals surface area contributed by atoms with Gasteiger partial charge in [-0.15, -0.1) is 12.4 Å². The van der Waals surface area contributed by atoms with Crippen LogP contribution in [0, 0.1) is 0 Å². The molecule has 0 saturated carbocycles. The van der Waals surface area contributed by atoms with Gasteiger partial charge in [0, 0.05) is 17.5 Å². The van der Waals surface area contributed by atoms with Gasteiger partial charge >= 0.3 is 0 Å². The first kappa shape index (κ1) is 11.2. The average molecular weight is 231 g/mol. The van der Waals surface area contributed by atoms with Crippen molar-refractivity contribution in [2.45, 2.75) is 5.06 Å². The van der Waals surface area contributed by atoms with Gasteiger partial charge in [-0.25, -0.2) is 0 Å². The van der Waals surface area contributed by atoms with Crippen LogP contribution in [0.3, 0.4) is 0 Å². The minimum atomic E-state index is -1.02. The number of anilines is 1. The fourth-order valence-corrected chi connectivity index (χ4v) is 1.92. The van der Waals surface area contributed by atoms with E-state index in [4.69, 9.17) is 5.73 Å². The van der Waals surface area contributed by atoms with E-state index in [1.807, 2.05) is 17.5 Å². The van der Waals surface area contributed by atoms with Crippen molar-refractivity contribution in [3.63, 3.8) is 0 Å². The van der Waals surface area contributed by atoms with Crippen molar-refractivity contribution in [3.05, 3.63) is 41.4 Å². The molecule has 1 aromatic carbocycles. The zero-order chi connectivity index (χ0) is 9.31. The highest BCUT2D eigenvalue weighted by Crippen LogP contribution is 2.35. The van der Waals surface area contributed by atoms with Crippen LogP contribution in [0.15, 0.2) is 35.9 Å². The molecular weight excluding hydrogens is 220 g/mol. The van der Waals surface area contributed by atoms with Crippen molar-refractivity contribution >= 4 is 29.9 Å². The molecule has 1 aliphatic heterocycles. The van der Waals surface area contributed by atoms with Crippen molar-refractivity contribution in [1.29, 1.82) is 0 Å². The van der Waals surface area contributed by atoms with E-state index < -0.39 is 5.06 Å². The summed E-state index contributed by atoms with van der Waals surface area (Å²) in [5.41, 5.74) is 7.04. The summed E-state index contributed by atoms with van der Waals surface area (Å²) in [7, 11) is 0. The van der Waals surface area contributed by atoms with E-state index in [2.05, 4.69) is 5.32 Å². The van der Waals surface area contributed by atoms with Gasteiger partial charge in [-0.2, -0.15) is 0 Å². The van der Waals surface area contributed by atoms with Gasteiger partial charge in [-0.05, 0) is 17.5 Å². The van der Waals surface area contributed by atoms with Crippen LogP contribution < -0.4 is 11.1 Å². The van der Waals surface area contributed by atoms with E-state index in [1.54, 1.807) is 18.3 Å². The Balaban J connectivity index is 0.000000980. The maximum atomic E-state index is 10.0. The predicted octanol–water partition coefficient (Wildman–Crippen LogP) is 1.60. The number of hydrogen-bond acceptors (Lipinski definition) is 4. The number of benzene rings is 1. The fourth-order valence-electron chi connectivity index (χ4n) is 1.17. The first-order valence-electron chi connectivity index (χ1n) is 3.90. The average Bonchev–Trinajstić information content (AvgIpc) is 2.54. The lowest BCUT2D eigenvalue weighted by atomic mass is 10.2. The smallest absolute Gasteiger partial charge is 0.215 e. The number of nitrogens with two attached hydrogens (primary N) is 1. The second-order valence-electron chi connectivity index (χ2n) is 2.83. The van der Waals surface area contributed by atoms with Crippen molar-refractivity contribution in [1.82, 2.24) is 5.32 Å². The van der Waals surface area contributed by atoms with E-state index in [9.17, 15) is 5.11 Å². The van der Waals surface area contributed by atoms with Gasteiger partial charge in [0.15, 0.2) is 0 Å². The monoisotopic (exact) mass is 230 g/mol. The molecule has 1 aliphatic rings. The normalized spacial score (nSPS) is 24.1. The summed E-state index contributed by atoms with van der Waals surface area (Å²) < 4.78 is 0. The molecule has 14 heavy (non-hydrogen) atoms. The maximum absolute atomic E-state index is 10.0. The van der Waals surface area contributed by atoms with E-state index in [0.717, 1.165) is 5.56 Å². The number of thioether (sulfide) groups is 1. The van der Waals surface area contributed by atoms with Crippen LogP contribution in [0.4, 0.5) is 5.69 Å². The topological polar surface area (TPSA) is 58.3 Å². The molecule has 2 rings (SSSR count). The maximum Gasteiger partial charge on any atom is 0.215 e. The standard InChI is InChI=1S/C9H10N2OS.ClH/c10-8-3-1-7(2-4-8)9(12)11-5-6-13-9;/h1-6,11-12H,10H2;1H. The highest BCUT2D eigenvalue weighted by atomic mass is 35.5. The molecule has 1 aromatic rings. The van der Waals surface area contributed by atoms with Crippen molar-refractivity contribution in [2.75, 3.05) is 5.73 Å². The summed E-state index contributed by atoms with van der Waals surface area (Å²) in [6.07, 6.45) is 1.72. The molecule has 1 heterocycles. The van der Waals surface area contributed by atoms with Crippen molar-refractivity contribution in [2.24, 2.45) is 0 Å². The molecule has 3 nitrogen and oxygen atoms in total. The second-order valence-corrected chi connectivity index (χ2v) is 3.93. The third kappa shape index (κ3) is 1.97. The van der Waals surface area contributed by atoms with E-state index in [1.165, 1.54) is 11.8 Å². The Labute approximate surface area is 92.8 Å². The summed E-state index contributed by atoms with van der Waals surface area (Å²) in [5, 5.41) is 13.7. The van der Waals surface area contributed by atoms with Crippen LogP contribution in [0.25, 0.3) is 0 Å². The fraction of sp³-hybridized carbons (Fsp3) is 0.111. The zero-order valence-corrected chi connectivity index (χ0v) is 8.94. The first-order chi connectivity index (χ1) is 6.21. The van der Waals surface area contributed by atoms with Gasteiger partial charge in [0.1, 0.15) is 0 Å². The Bertz CT molecular complexity index is 331. The molecule has 0 radical (unpaired) electrons. The van der Waals surface area contributed by atoms with Crippen LogP contribution in [0.2, 0.25) is 0 Å². The van der Waals surface area contributed by atoms with Crippen molar-refractivity contribution < 1.29 is 5.11 Å². The Morgan fingerprint density at radius 1 is 1.29 bits per heavy atom. The van der Waals surface area contributed by atoms with Crippen LogP contribution in [-0.4, -0.2) is 5.11 Å². The molecule has 1 atom stereocenters. The van der Waals surface area contributed by atoms with Crippen LogP contribution >= 0.6 is 24.2 Å². The van der Waals surface area contributed by atoms with Gasteiger partial charge in [0.2, 0.25) is 5.06 Å². The molecule has 76 valence electrons. The summed E-state index contributed by atoms with van der Waals surface area (Å²) in [6, 6.07) is 7.16. The number of aliphatic hydroxyl groups is 1. The zero-order valence-electron chi connectivity index (χ0n) is 7.31. The Morgan fingerprint density at radius 3 is 2.43 bits per heavy atom. The molecule has 0 saturated heterocycles. The van der Waals surface area contributed by atoms with Crippen LogP contribution in [0.5, 0.6) is 0 Å². The molecule has 0 amide bonds. The largest absolute Gasteiger partial charge is 0.399 e. The predicted molar refractivity (Wildman–Crippen MR) is 61.9 cm³/mol. The lowest BCUT2D eigenvalue weighted by molar-refractivity contribution is 0.119. The van der Waals surface area contributed by atoms with E-state index >= 15 is 0 Å². The third-order valence-corrected chi connectivity index (χ3v) is 2.85. The van der Waals surface area contributed by atoms with Gasteiger partial charge < -0.3 is 16.2 Å². The van der Waals surface area contributed by atoms with E-state index in [0.29, 0.717) is 5.69 Å². The molecule has 0 aliphatic carbocycles. The van der Waals surface area contributed by atoms with Gasteiger partial charge in [0.05, 0.1) is 0 Å². The molecule has 4 N–H and O–H groups in total. The molecule has 0 bridgehead atoms. The molecule has 0 aromatic heterocycles. The van der Waals surface area contributed by atoms with Gasteiger partial charge in [0.25, 0.3) is 0 Å². The summed E-state index contributed by atoms with van der Waals surface area (Å²) >= 11 is 1.33. The second kappa shape index (κ2) is 4.13. The lowest BCUT2D eigenvalue weighted by Gasteiger charge is -2.22. The number of rotatable bonds is 1. The molecule has 5 heteroatoms. The molecular formula is C9H11ClN2OS. The lowest BCUT2D eigenvalue weighted by Crippen LogP contribution is -2.31. The number of hydrogen-bond donors (Lipinski definition) is 3. The van der Waals surface area contributed by atoms with Crippen LogP contribution in [0.1, 0.15) is 5.56 Å². The number of halogens is 1. The minimum Gasteiger partial charge on any atom is -0.399 e. The van der Waals surface area contributed by atoms with Crippen molar-refractivity contribution in [3.8, 4) is 0 Å². The molecule has 0 spiro atoms. The summed E-state index contributed by atoms with van der Waals surface area (Å²) in [6.45, 7) is 0. The number of nitrogen functional groups attached to an aromatic ring is 1. The third-order valence-electron chi connectivity index (χ3n) is 1.89. The Hall–Kier alpha value is -0.840. The Kier molecular flexibility index (Phi) is 3.31. The quantitative estimate of drug-likeness (QED) is 0.642. The number of nitrogens with one attached hydrogen (secondary N) is 1. The minimum absolute atomic E-state index is 0. The van der Waals surface area contributed by atoms with E-state index in [-0.39, 0.29) is 12.4 Å². The van der Waals surface area contributed by atoms with Crippen LogP contribution in [-0.2, 0) is 5.06 Å². The van der Waals surface area contributed by atoms with Gasteiger partial charge in [-0.1, -0.05) is 23.9 Å². The summed E-state index contributed by atoms with van der Waals surface area (Å²) in [4.78, 5) is 0. The highest BCUT2D eigenvalue weighted by Gasteiger charge is 2.30.